The Bertz CT molecular complexity index is 307. The Labute approximate surface area is 85.9 Å². The second-order valence-corrected chi connectivity index (χ2v) is 4.16. The van der Waals surface area contributed by atoms with Gasteiger partial charge in [-0.1, -0.05) is 6.92 Å². The van der Waals surface area contributed by atoms with Crippen molar-refractivity contribution in [1.29, 1.82) is 0 Å². The van der Waals surface area contributed by atoms with Gasteiger partial charge in [0.15, 0.2) is 0 Å². The van der Waals surface area contributed by atoms with Gasteiger partial charge in [0.2, 0.25) is 0 Å². The highest BCUT2D eigenvalue weighted by molar-refractivity contribution is 5.53. The molecule has 0 aliphatic carbocycles. The number of hydrogen-bond donors (Lipinski definition) is 1. The summed E-state index contributed by atoms with van der Waals surface area (Å²) >= 11 is 0. The molecule has 1 aromatic rings. The van der Waals surface area contributed by atoms with Crippen LogP contribution in [-0.4, -0.2) is 17.6 Å². The third-order valence-corrected chi connectivity index (χ3v) is 2.93. The van der Waals surface area contributed by atoms with E-state index in [1.165, 1.54) is 0 Å². The summed E-state index contributed by atoms with van der Waals surface area (Å²) in [5, 5.41) is 0. The zero-order chi connectivity index (χ0) is 10.8. The fraction of sp³-hybridized carbons (Fsp3) is 0.545. The molecule has 14 heavy (non-hydrogen) atoms. The van der Waals surface area contributed by atoms with E-state index in [0.29, 0.717) is 5.82 Å². The molecule has 0 saturated carbocycles. The lowest BCUT2D eigenvalue weighted by atomic mass is 9.99. The van der Waals surface area contributed by atoms with Crippen LogP contribution in [0.25, 0.3) is 0 Å². The molecule has 2 N–H and O–H groups in total. The topological polar surface area (TPSA) is 42.2 Å². The van der Waals surface area contributed by atoms with Crippen LogP contribution in [0.3, 0.4) is 0 Å². The number of aromatic nitrogens is 1. The van der Waals surface area contributed by atoms with Crippen LogP contribution in [0.1, 0.15) is 27.2 Å². The second kappa shape index (κ2) is 3.86. The molecule has 0 atom stereocenters. The molecule has 0 aromatic carbocycles. The minimum Gasteiger partial charge on any atom is -0.384 e. The van der Waals surface area contributed by atoms with E-state index in [1.54, 1.807) is 6.20 Å². The average molecular weight is 193 g/mol. The molecule has 78 valence electrons. The Hall–Kier alpha value is -1.25. The Morgan fingerprint density at radius 3 is 2.64 bits per heavy atom. The molecule has 3 nitrogen and oxygen atoms in total. The molecular formula is C11H19N3. The summed E-state index contributed by atoms with van der Waals surface area (Å²) < 4.78 is 0. The van der Waals surface area contributed by atoms with Crippen LogP contribution < -0.4 is 10.6 Å². The fourth-order valence-electron chi connectivity index (χ4n) is 1.23. The van der Waals surface area contributed by atoms with E-state index in [4.69, 9.17) is 5.73 Å². The van der Waals surface area contributed by atoms with E-state index < -0.39 is 0 Å². The number of anilines is 2. The first-order chi connectivity index (χ1) is 6.47. The van der Waals surface area contributed by atoms with Crippen molar-refractivity contribution in [3.8, 4) is 0 Å². The second-order valence-electron chi connectivity index (χ2n) is 4.16. The fourth-order valence-corrected chi connectivity index (χ4v) is 1.23. The predicted octanol–water partition coefficient (Wildman–Crippen LogP) is 2.29. The van der Waals surface area contributed by atoms with Gasteiger partial charge in [-0.3, -0.25) is 0 Å². The van der Waals surface area contributed by atoms with Crippen molar-refractivity contribution >= 4 is 11.5 Å². The minimum atomic E-state index is 0.147. The molecule has 0 unspecified atom stereocenters. The number of nitrogen functional groups attached to an aromatic ring is 1. The van der Waals surface area contributed by atoms with E-state index in [0.717, 1.165) is 12.1 Å². The largest absolute Gasteiger partial charge is 0.384 e. The molecule has 1 rings (SSSR count). The molecule has 1 aromatic heterocycles. The maximum Gasteiger partial charge on any atom is 0.125 e. The van der Waals surface area contributed by atoms with Crippen LogP contribution in [0.4, 0.5) is 11.5 Å². The molecule has 1 heterocycles. The van der Waals surface area contributed by atoms with Crippen LogP contribution in [-0.2, 0) is 0 Å². The van der Waals surface area contributed by atoms with E-state index >= 15 is 0 Å². The molecule has 0 spiro atoms. The summed E-state index contributed by atoms with van der Waals surface area (Å²) in [6.45, 7) is 6.61. The zero-order valence-electron chi connectivity index (χ0n) is 9.41. The van der Waals surface area contributed by atoms with Gasteiger partial charge in [0.1, 0.15) is 5.82 Å². The first-order valence-electron chi connectivity index (χ1n) is 4.92. The normalized spacial score (nSPS) is 11.4. The summed E-state index contributed by atoms with van der Waals surface area (Å²) in [5.74, 6) is 0.571. The first-order valence-corrected chi connectivity index (χ1v) is 4.92. The molecule has 0 amide bonds. The molecule has 0 aliphatic heterocycles. The molecule has 0 saturated heterocycles. The number of rotatable bonds is 3. The van der Waals surface area contributed by atoms with Gasteiger partial charge >= 0.3 is 0 Å². The van der Waals surface area contributed by atoms with Crippen molar-refractivity contribution in [2.24, 2.45) is 0 Å². The van der Waals surface area contributed by atoms with Crippen LogP contribution in [0, 0.1) is 0 Å². The Balaban J connectivity index is 2.94. The summed E-state index contributed by atoms with van der Waals surface area (Å²) in [6.07, 6.45) is 2.83. The number of hydrogen-bond acceptors (Lipinski definition) is 3. The molecule has 0 fully saturated rings. The number of pyridine rings is 1. The monoisotopic (exact) mass is 193 g/mol. The third kappa shape index (κ3) is 2.16. The maximum absolute atomic E-state index is 5.64. The molecule has 0 aliphatic rings. The van der Waals surface area contributed by atoms with E-state index in [2.05, 4.69) is 37.7 Å². The van der Waals surface area contributed by atoms with Gasteiger partial charge in [-0.05, 0) is 26.3 Å². The highest BCUT2D eigenvalue weighted by Crippen LogP contribution is 2.24. The number of nitrogens with two attached hydrogens (primary N) is 1. The summed E-state index contributed by atoms with van der Waals surface area (Å²) in [4.78, 5) is 6.21. The Kier molecular flexibility index (Phi) is 2.99. The van der Waals surface area contributed by atoms with Gasteiger partial charge in [0, 0.05) is 30.5 Å². The van der Waals surface area contributed by atoms with Gasteiger partial charge in [-0.25, -0.2) is 4.98 Å². The predicted molar refractivity (Wildman–Crippen MR) is 61.4 cm³/mol. The number of nitrogens with zero attached hydrogens (tertiary/aromatic N) is 2. The van der Waals surface area contributed by atoms with E-state index in [-0.39, 0.29) is 5.54 Å². The van der Waals surface area contributed by atoms with Gasteiger partial charge in [0.25, 0.3) is 0 Å². The Morgan fingerprint density at radius 2 is 2.14 bits per heavy atom. The highest BCUT2D eigenvalue weighted by Gasteiger charge is 2.21. The van der Waals surface area contributed by atoms with E-state index in [9.17, 15) is 0 Å². The van der Waals surface area contributed by atoms with Gasteiger partial charge in [0.05, 0.1) is 0 Å². The van der Waals surface area contributed by atoms with Crippen molar-refractivity contribution < 1.29 is 0 Å². The van der Waals surface area contributed by atoms with Crippen molar-refractivity contribution in [2.75, 3.05) is 17.7 Å². The summed E-state index contributed by atoms with van der Waals surface area (Å²) in [6, 6.07) is 3.88. The minimum absolute atomic E-state index is 0.147. The zero-order valence-corrected chi connectivity index (χ0v) is 9.41. The molecule has 0 radical (unpaired) electrons. The highest BCUT2D eigenvalue weighted by atomic mass is 15.2. The van der Waals surface area contributed by atoms with Crippen molar-refractivity contribution in [3.05, 3.63) is 18.3 Å². The molecule has 3 heteroatoms. The SMILES string of the molecule is CCC(C)(C)N(C)c1ccnc(N)c1. The first kappa shape index (κ1) is 10.8. The van der Waals surface area contributed by atoms with Crippen LogP contribution >= 0.6 is 0 Å². The van der Waals surface area contributed by atoms with Gasteiger partial charge < -0.3 is 10.6 Å². The van der Waals surface area contributed by atoms with Gasteiger partial charge in [-0.2, -0.15) is 0 Å². The van der Waals surface area contributed by atoms with Crippen molar-refractivity contribution in [3.63, 3.8) is 0 Å². The standard InChI is InChI=1S/C11H19N3/c1-5-11(2,3)14(4)9-6-7-13-10(12)8-9/h6-8H,5H2,1-4H3,(H2,12,13). The Morgan fingerprint density at radius 1 is 1.50 bits per heavy atom. The van der Waals surface area contributed by atoms with Crippen LogP contribution in [0.15, 0.2) is 18.3 Å². The maximum atomic E-state index is 5.64. The molecular weight excluding hydrogens is 174 g/mol. The third-order valence-electron chi connectivity index (χ3n) is 2.93. The van der Waals surface area contributed by atoms with Crippen LogP contribution in [0.5, 0.6) is 0 Å². The summed E-state index contributed by atoms with van der Waals surface area (Å²) in [7, 11) is 2.08. The van der Waals surface area contributed by atoms with Crippen molar-refractivity contribution in [2.45, 2.75) is 32.7 Å². The molecule has 0 bridgehead atoms. The smallest absolute Gasteiger partial charge is 0.125 e. The van der Waals surface area contributed by atoms with E-state index in [1.807, 2.05) is 12.1 Å². The summed E-state index contributed by atoms with van der Waals surface area (Å²) in [5.41, 5.74) is 6.91. The van der Waals surface area contributed by atoms with Crippen molar-refractivity contribution in [1.82, 2.24) is 4.98 Å². The van der Waals surface area contributed by atoms with Crippen LogP contribution in [0.2, 0.25) is 0 Å². The van der Waals surface area contributed by atoms with Gasteiger partial charge in [-0.15, -0.1) is 0 Å². The quantitative estimate of drug-likeness (QED) is 0.800. The average Bonchev–Trinajstić information content (AvgIpc) is 2.16. The lowest BCUT2D eigenvalue weighted by Gasteiger charge is -2.36. The lowest BCUT2D eigenvalue weighted by Crippen LogP contribution is -2.40. The lowest BCUT2D eigenvalue weighted by molar-refractivity contribution is 0.471.